The summed E-state index contributed by atoms with van der Waals surface area (Å²) in [6.07, 6.45) is 2.31. The summed E-state index contributed by atoms with van der Waals surface area (Å²) in [7, 11) is 0. The Hall–Kier alpha value is -1.88. The van der Waals surface area contributed by atoms with Crippen LogP contribution in [0, 0.1) is 0 Å². The number of carbonyl (C=O) groups is 1. The number of nitrogens with zero attached hydrogens (tertiary/aromatic N) is 1. The first-order chi connectivity index (χ1) is 9.20. The highest BCUT2D eigenvalue weighted by atomic mass is 16.2. The van der Waals surface area contributed by atoms with Crippen LogP contribution < -0.4 is 11.1 Å². The third-order valence-corrected chi connectivity index (χ3v) is 3.04. The minimum absolute atomic E-state index is 0.0852. The molecule has 19 heavy (non-hydrogen) atoms. The first-order valence-electron chi connectivity index (χ1n) is 6.67. The number of benzene rings is 1. The van der Waals surface area contributed by atoms with Crippen LogP contribution in [0.2, 0.25) is 0 Å². The van der Waals surface area contributed by atoms with E-state index in [1.807, 2.05) is 31.2 Å². The number of fused-ring (bicyclic) bond motifs is 1. The topological polar surface area (TPSA) is 83.8 Å². The quantitative estimate of drug-likeness (QED) is 0.733. The Kier molecular flexibility index (Phi) is 4.52. The molecule has 0 aliphatic rings. The molecule has 0 aliphatic carbocycles. The van der Waals surface area contributed by atoms with Gasteiger partial charge in [-0.15, -0.1) is 0 Å². The lowest BCUT2D eigenvalue weighted by Crippen LogP contribution is -2.41. The van der Waals surface area contributed by atoms with E-state index in [9.17, 15) is 4.79 Å². The van der Waals surface area contributed by atoms with Crippen LogP contribution >= 0.6 is 0 Å². The van der Waals surface area contributed by atoms with E-state index in [1.165, 1.54) is 0 Å². The van der Waals surface area contributed by atoms with Crippen molar-refractivity contribution in [3.05, 3.63) is 30.1 Å². The van der Waals surface area contributed by atoms with Crippen molar-refractivity contribution in [1.82, 2.24) is 15.3 Å². The number of amides is 1. The number of hydrogen-bond donors (Lipinski definition) is 3. The molecule has 5 nitrogen and oxygen atoms in total. The number of hydrogen-bond acceptors (Lipinski definition) is 3. The van der Waals surface area contributed by atoms with Crippen molar-refractivity contribution in [2.45, 2.75) is 32.2 Å². The summed E-state index contributed by atoms with van der Waals surface area (Å²) in [5.74, 6) is 0.795. The molecule has 1 amide bonds. The molecule has 1 atom stereocenters. The average molecular weight is 260 g/mol. The monoisotopic (exact) mass is 260 g/mol. The molecule has 0 bridgehead atoms. The zero-order valence-corrected chi connectivity index (χ0v) is 11.1. The number of rotatable bonds is 6. The van der Waals surface area contributed by atoms with Gasteiger partial charge in [0.25, 0.3) is 0 Å². The maximum Gasteiger partial charge on any atom is 0.236 e. The molecule has 2 aromatic rings. The summed E-state index contributed by atoms with van der Waals surface area (Å²) in [5, 5.41) is 2.84. The van der Waals surface area contributed by atoms with Crippen molar-refractivity contribution in [1.29, 1.82) is 0 Å². The lowest BCUT2D eigenvalue weighted by atomic mass is 10.1. The van der Waals surface area contributed by atoms with Gasteiger partial charge in [-0.25, -0.2) is 4.98 Å². The fraction of sp³-hybridized carbons (Fsp3) is 0.429. The first-order valence-corrected chi connectivity index (χ1v) is 6.67. The molecule has 0 fully saturated rings. The number of H-pyrrole nitrogens is 1. The van der Waals surface area contributed by atoms with Crippen molar-refractivity contribution in [3.63, 3.8) is 0 Å². The van der Waals surface area contributed by atoms with Gasteiger partial charge >= 0.3 is 0 Å². The average Bonchev–Trinajstić information content (AvgIpc) is 2.81. The third kappa shape index (κ3) is 3.54. The van der Waals surface area contributed by atoms with Crippen molar-refractivity contribution in [2.24, 2.45) is 5.73 Å². The fourth-order valence-electron chi connectivity index (χ4n) is 2.00. The van der Waals surface area contributed by atoms with Crippen LogP contribution in [0.3, 0.4) is 0 Å². The predicted molar refractivity (Wildman–Crippen MR) is 75.7 cm³/mol. The minimum Gasteiger partial charge on any atom is -0.354 e. The van der Waals surface area contributed by atoms with E-state index in [4.69, 9.17) is 5.73 Å². The Morgan fingerprint density at radius 1 is 1.47 bits per heavy atom. The van der Waals surface area contributed by atoms with Crippen LogP contribution in [0.4, 0.5) is 0 Å². The zero-order valence-electron chi connectivity index (χ0n) is 11.1. The zero-order chi connectivity index (χ0) is 13.7. The SMILES string of the molecule is CCCC(N)C(=O)NCCc1nc2ccccc2[nH]1. The highest BCUT2D eigenvalue weighted by molar-refractivity contribution is 5.81. The van der Waals surface area contributed by atoms with Crippen LogP contribution in [0.1, 0.15) is 25.6 Å². The molecule has 0 aliphatic heterocycles. The summed E-state index contributed by atoms with van der Waals surface area (Å²) in [5.41, 5.74) is 7.70. The predicted octanol–water partition coefficient (Wildman–Crippen LogP) is 1.35. The summed E-state index contributed by atoms with van der Waals surface area (Å²) in [6, 6.07) is 7.47. The molecule has 5 heteroatoms. The molecule has 2 rings (SSSR count). The molecule has 1 heterocycles. The highest BCUT2D eigenvalue weighted by Gasteiger charge is 2.11. The van der Waals surface area contributed by atoms with Crippen molar-refractivity contribution < 1.29 is 4.79 Å². The maximum absolute atomic E-state index is 11.6. The molecule has 1 aromatic heterocycles. The number of carbonyl (C=O) groups excluding carboxylic acids is 1. The molecule has 0 spiro atoms. The van der Waals surface area contributed by atoms with Crippen LogP contribution in [0.15, 0.2) is 24.3 Å². The maximum atomic E-state index is 11.6. The normalized spacial score (nSPS) is 12.5. The Morgan fingerprint density at radius 3 is 3.00 bits per heavy atom. The van der Waals surface area contributed by atoms with E-state index in [1.54, 1.807) is 0 Å². The number of nitrogens with two attached hydrogens (primary N) is 1. The first kappa shape index (κ1) is 13.5. The minimum atomic E-state index is -0.402. The second kappa shape index (κ2) is 6.33. The van der Waals surface area contributed by atoms with Crippen molar-refractivity contribution in [3.8, 4) is 0 Å². The Balaban J connectivity index is 1.84. The van der Waals surface area contributed by atoms with Crippen LogP contribution in [-0.4, -0.2) is 28.5 Å². The van der Waals surface area contributed by atoms with E-state index < -0.39 is 6.04 Å². The summed E-state index contributed by atoms with van der Waals surface area (Å²) in [6.45, 7) is 2.57. The van der Waals surface area contributed by atoms with Gasteiger partial charge in [-0.3, -0.25) is 4.79 Å². The van der Waals surface area contributed by atoms with Gasteiger partial charge in [-0.2, -0.15) is 0 Å². The molecular formula is C14H20N4O. The largest absolute Gasteiger partial charge is 0.354 e. The van der Waals surface area contributed by atoms with E-state index in [-0.39, 0.29) is 5.91 Å². The molecule has 1 aromatic carbocycles. The summed E-state index contributed by atoms with van der Waals surface area (Å²) >= 11 is 0. The number of imidazole rings is 1. The third-order valence-electron chi connectivity index (χ3n) is 3.04. The number of nitrogens with one attached hydrogen (secondary N) is 2. The van der Waals surface area contributed by atoms with Crippen molar-refractivity contribution >= 4 is 16.9 Å². The number of aromatic amines is 1. The summed E-state index contributed by atoms with van der Waals surface area (Å²) < 4.78 is 0. The van der Waals surface area contributed by atoms with Gasteiger partial charge in [-0.05, 0) is 18.6 Å². The molecule has 0 radical (unpaired) electrons. The van der Waals surface area contributed by atoms with E-state index >= 15 is 0 Å². The van der Waals surface area contributed by atoms with Gasteiger partial charge in [0.05, 0.1) is 17.1 Å². The van der Waals surface area contributed by atoms with Gasteiger partial charge in [0.1, 0.15) is 5.82 Å². The fourth-order valence-corrected chi connectivity index (χ4v) is 2.00. The smallest absolute Gasteiger partial charge is 0.236 e. The Bertz CT molecular complexity index is 516. The molecule has 0 saturated heterocycles. The van der Waals surface area contributed by atoms with Crippen LogP contribution in [0.25, 0.3) is 11.0 Å². The van der Waals surface area contributed by atoms with E-state index in [0.717, 1.165) is 29.7 Å². The second-order valence-electron chi connectivity index (χ2n) is 4.64. The second-order valence-corrected chi connectivity index (χ2v) is 4.64. The molecule has 102 valence electrons. The van der Waals surface area contributed by atoms with Crippen LogP contribution in [0.5, 0.6) is 0 Å². The van der Waals surface area contributed by atoms with Gasteiger partial charge < -0.3 is 16.0 Å². The van der Waals surface area contributed by atoms with Crippen LogP contribution in [-0.2, 0) is 11.2 Å². The molecule has 4 N–H and O–H groups in total. The highest BCUT2D eigenvalue weighted by Crippen LogP contribution is 2.10. The standard InChI is InChI=1S/C14H20N4O/c1-2-5-10(15)14(19)16-9-8-13-17-11-6-3-4-7-12(11)18-13/h3-4,6-7,10H,2,5,8-9,15H2,1H3,(H,16,19)(H,17,18). The molecular weight excluding hydrogens is 240 g/mol. The summed E-state index contributed by atoms with van der Waals surface area (Å²) in [4.78, 5) is 19.3. The Morgan fingerprint density at radius 2 is 2.26 bits per heavy atom. The van der Waals surface area contributed by atoms with Crippen molar-refractivity contribution in [2.75, 3.05) is 6.54 Å². The van der Waals surface area contributed by atoms with Gasteiger partial charge in [0.15, 0.2) is 0 Å². The van der Waals surface area contributed by atoms with Gasteiger partial charge in [0, 0.05) is 13.0 Å². The number of aromatic nitrogens is 2. The van der Waals surface area contributed by atoms with E-state index in [0.29, 0.717) is 13.0 Å². The van der Waals surface area contributed by atoms with Gasteiger partial charge in [-0.1, -0.05) is 25.5 Å². The molecule has 0 saturated carbocycles. The Labute approximate surface area is 112 Å². The van der Waals surface area contributed by atoms with E-state index in [2.05, 4.69) is 15.3 Å². The lowest BCUT2D eigenvalue weighted by molar-refractivity contribution is -0.122. The number of para-hydroxylation sites is 2. The lowest BCUT2D eigenvalue weighted by Gasteiger charge is -2.10. The molecule has 1 unspecified atom stereocenters. The van der Waals surface area contributed by atoms with Gasteiger partial charge in [0.2, 0.25) is 5.91 Å².